The van der Waals surface area contributed by atoms with Crippen LogP contribution < -0.4 is 10.1 Å². The van der Waals surface area contributed by atoms with E-state index in [2.05, 4.69) is 21.2 Å². The third-order valence-electron chi connectivity index (χ3n) is 2.77. The highest BCUT2D eigenvalue weighted by Gasteiger charge is 2.13. The molecule has 2 aromatic carbocycles. The van der Waals surface area contributed by atoms with Crippen LogP contribution in [-0.4, -0.2) is 12.0 Å². The van der Waals surface area contributed by atoms with Crippen molar-refractivity contribution in [2.45, 2.75) is 6.54 Å². The second kappa shape index (κ2) is 6.38. The third-order valence-corrected chi connectivity index (χ3v) is 3.27. The molecule has 20 heavy (non-hydrogen) atoms. The lowest BCUT2D eigenvalue weighted by Gasteiger charge is -2.09. The Balaban J connectivity index is 2.17. The van der Waals surface area contributed by atoms with Crippen LogP contribution in [0.3, 0.4) is 0 Å². The summed E-state index contributed by atoms with van der Waals surface area (Å²) in [5.74, 6) is 0.757. The van der Waals surface area contributed by atoms with E-state index in [1.165, 1.54) is 6.07 Å². The maximum Gasteiger partial charge on any atom is 0.292 e. The molecule has 0 radical (unpaired) electrons. The number of rotatable bonds is 5. The predicted octanol–water partition coefficient (Wildman–Crippen LogP) is 3.98. The number of methoxy groups -OCH3 is 1. The normalized spacial score (nSPS) is 10.1. The average molecular weight is 337 g/mol. The number of halogens is 1. The van der Waals surface area contributed by atoms with E-state index in [0.29, 0.717) is 12.2 Å². The first-order valence-electron chi connectivity index (χ1n) is 5.91. The van der Waals surface area contributed by atoms with Crippen LogP contribution in [0.4, 0.5) is 11.4 Å². The van der Waals surface area contributed by atoms with Crippen LogP contribution in [0, 0.1) is 10.1 Å². The lowest BCUT2D eigenvalue weighted by Crippen LogP contribution is -2.02. The van der Waals surface area contributed by atoms with E-state index in [4.69, 9.17) is 4.74 Å². The zero-order chi connectivity index (χ0) is 14.5. The molecular weight excluding hydrogens is 324 g/mol. The number of ether oxygens (including phenoxy) is 1. The first kappa shape index (κ1) is 14.3. The number of benzene rings is 2. The van der Waals surface area contributed by atoms with Crippen molar-refractivity contribution >= 4 is 27.3 Å². The van der Waals surface area contributed by atoms with E-state index in [-0.39, 0.29) is 5.69 Å². The van der Waals surface area contributed by atoms with Gasteiger partial charge in [-0.2, -0.15) is 0 Å². The fraction of sp³-hybridized carbons (Fsp3) is 0.143. The first-order chi connectivity index (χ1) is 9.60. The van der Waals surface area contributed by atoms with E-state index >= 15 is 0 Å². The quantitative estimate of drug-likeness (QED) is 0.662. The molecule has 2 rings (SSSR count). The molecule has 0 spiro atoms. The lowest BCUT2D eigenvalue weighted by molar-refractivity contribution is -0.384. The van der Waals surface area contributed by atoms with Gasteiger partial charge in [-0.3, -0.25) is 10.1 Å². The summed E-state index contributed by atoms with van der Waals surface area (Å²) in [6.45, 7) is 0.481. The molecule has 0 fully saturated rings. The predicted molar refractivity (Wildman–Crippen MR) is 81.1 cm³/mol. The Hall–Kier alpha value is -2.08. The van der Waals surface area contributed by atoms with Crippen LogP contribution in [0.15, 0.2) is 46.9 Å². The second-order valence-electron chi connectivity index (χ2n) is 4.12. The van der Waals surface area contributed by atoms with Gasteiger partial charge in [0.05, 0.1) is 12.0 Å². The molecule has 0 aliphatic heterocycles. The van der Waals surface area contributed by atoms with Gasteiger partial charge in [0, 0.05) is 17.1 Å². The van der Waals surface area contributed by atoms with Crippen LogP contribution in [0.25, 0.3) is 0 Å². The van der Waals surface area contributed by atoms with Gasteiger partial charge >= 0.3 is 0 Å². The Morgan fingerprint density at radius 3 is 2.80 bits per heavy atom. The minimum Gasteiger partial charge on any atom is -0.497 e. The van der Waals surface area contributed by atoms with Crippen molar-refractivity contribution in [1.82, 2.24) is 0 Å². The fourth-order valence-electron chi connectivity index (χ4n) is 1.79. The van der Waals surface area contributed by atoms with Gasteiger partial charge in [-0.25, -0.2) is 0 Å². The highest BCUT2D eigenvalue weighted by molar-refractivity contribution is 9.10. The molecule has 5 nitrogen and oxygen atoms in total. The molecule has 0 aliphatic carbocycles. The SMILES string of the molecule is COc1cccc(CNc2cc(Br)ccc2[N+](=O)[O-])c1. The number of nitro benzene ring substituents is 1. The minimum atomic E-state index is -0.402. The number of hydrogen-bond acceptors (Lipinski definition) is 4. The van der Waals surface area contributed by atoms with Crippen molar-refractivity contribution in [1.29, 1.82) is 0 Å². The largest absolute Gasteiger partial charge is 0.497 e. The van der Waals surface area contributed by atoms with E-state index in [1.807, 2.05) is 24.3 Å². The Morgan fingerprint density at radius 2 is 2.10 bits per heavy atom. The first-order valence-corrected chi connectivity index (χ1v) is 6.70. The molecule has 0 unspecified atom stereocenters. The molecule has 1 N–H and O–H groups in total. The molecule has 0 saturated heterocycles. The van der Waals surface area contributed by atoms with Gasteiger partial charge < -0.3 is 10.1 Å². The summed E-state index contributed by atoms with van der Waals surface area (Å²) >= 11 is 3.31. The summed E-state index contributed by atoms with van der Waals surface area (Å²) in [5, 5.41) is 14.1. The summed E-state index contributed by atoms with van der Waals surface area (Å²) < 4.78 is 5.93. The molecular formula is C14H13BrN2O3. The molecule has 0 bridgehead atoms. The number of anilines is 1. The Bertz CT molecular complexity index is 632. The van der Waals surface area contributed by atoms with Gasteiger partial charge in [-0.15, -0.1) is 0 Å². The van der Waals surface area contributed by atoms with Crippen molar-refractivity contribution in [2.75, 3.05) is 12.4 Å². The zero-order valence-corrected chi connectivity index (χ0v) is 12.4. The molecule has 0 saturated carbocycles. The average Bonchev–Trinajstić information content (AvgIpc) is 2.45. The topological polar surface area (TPSA) is 64.4 Å². The van der Waals surface area contributed by atoms with Crippen LogP contribution in [0.1, 0.15) is 5.56 Å². The molecule has 0 atom stereocenters. The number of nitrogens with one attached hydrogen (secondary N) is 1. The highest BCUT2D eigenvalue weighted by Crippen LogP contribution is 2.28. The van der Waals surface area contributed by atoms with Gasteiger partial charge in [-0.05, 0) is 29.8 Å². The van der Waals surface area contributed by atoms with Gasteiger partial charge in [0.25, 0.3) is 5.69 Å². The highest BCUT2D eigenvalue weighted by atomic mass is 79.9. The molecule has 104 valence electrons. The summed E-state index contributed by atoms with van der Waals surface area (Å²) in [6, 6.07) is 12.4. The van der Waals surface area contributed by atoms with E-state index in [9.17, 15) is 10.1 Å². The van der Waals surface area contributed by atoms with Crippen molar-refractivity contribution in [2.24, 2.45) is 0 Å². The Kier molecular flexibility index (Phi) is 4.57. The third kappa shape index (κ3) is 3.48. The zero-order valence-electron chi connectivity index (χ0n) is 10.8. The standard InChI is InChI=1S/C14H13BrN2O3/c1-20-12-4-2-3-10(7-12)9-16-13-8-11(15)5-6-14(13)17(18)19/h2-8,16H,9H2,1H3. The Morgan fingerprint density at radius 1 is 1.30 bits per heavy atom. The minimum absolute atomic E-state index is 0.0519. The summed E-state index contributed by atoms with van der Waals surface area (Å²) in [4.78, 5) is 10.6. The van der Waals surface area contributed by atoms with Gasteiger partial charge in [0.2, 0.25) is 0 Å². The summed E-state index contributed by atoms with van der Waals surface area (Å²) in [5.41, 5.74) is 1.52. The van der Waals surface area contributed by atoms with Gasteiger partial charge in [0.15, 0.2) is 0 Å². The number of hydrogen-bond donors (Lipinski definition) is 1. The van der Waals surface area contributed by atoms with Crippen molar-refractivity contribution < 1.29 is 9.66 Å². The van der Waals surface area contributed by atoms with Crippen LogP contribution >= 0.6 is 15.9 Å². The molecule has 0 aromatic heterocycles. The molecule has 6 heteroatoms. The van der Waals surface area contributed by atoms with Gasteiger partial charge in [0.1, 0.15) is 11.4 Å². The van der Waals surface area contributed by atoms with Crippen molar-refractivity contribution in [3.63, 3.8) is 0 Å². The van der Waals surface area contributed by atoms with Crippen molar-refractivity contribution in [3.8, 4) is 5.75 Å². The van der Waals surface area contributed by atoms with Gasteiger partial charge in [-0.1, -0.05) is 28.1 Å². The fourth-order valence-corrected chi connectivity index (χ4v) is 2.15. The smallest absolute Gasteiger partial charge is 0.292 e. The van der Waals surface area contributed by atoms with E-state index < -0.39 is 4.92 Å². The maximum absolute atomic E-state index is 11.0. The van der Waals surface area contributed by atoms with E-state index in [0.717, 1.165) is 15.8 Å². The van der Waals surface area contributed by atoms with Crippen LogP contribution in [0.2, 0.25) is 0 Å². The summed E-state index contributed by atoms with van der Waals surface area (Å²) in [6.07, 6.45) is 0. The molecule has 0 aliphatic rings. The van der Waals surface area contributed by atoms with Crippen molar-refractivity contribution in [3.05, 3.63) is 62.6 Å². The maximum atomic E-state index is 11.0. The molecule has 0 amide bonds. The lowest BCUT2D eigenvalue weighted by atomic mass is 10.2. The summed E-state index contributed by atoms with van der Waals surface area (Å²) in [7, 11) is 1.60. The number of nitro groups is 1. The molecule has 0 heterocycles. The van der Waals surface area contributed by atoms with Crippen LogP contribution in [0.5, 0.6) is 5.75 Å². The monoisotopic (exact) mass is 336 g/mol. The van der Waals surface area contributed by atoms with E-state index in [1.54, 1.807) is 19.2 Å². The second-order valence-corrected chi connectivity index (χ2v) is 5.04. The molecule has 2 aromatic rings. The Labute approximate surface area is 124 Å². The number of nitrogens with zero attached hydrogens (tertiary/aromatic N) is 1. The van der Waals surface area contributed by atoms with Crippen LogP contribution in [-0.2, 0) is 6.54 Å².